The number of aliphatic carboxylic acids is 2. The number of methoxy groups -OCH3 is 1. The molecule has 0 bridgehead atoms. The number of nitriles is 1. The summed E-state index contributed by atoms with van der Waals surface area (Å²) in [6.07, 6.45) is 2.59. The topological polar surface area (TPSA) is 215 Å². The van der Waals surface area contributed by atoms with Crippen molar-refractivity contribution in [3.8, 4) is 11.8 Å². The van der Waals surface area contributed by atoms with Crippen molar-refractivity contribution in [3.63, 3.8) is 0 Å². The van der Waals surface area contributed by atoms with Crippen LogP contribution in [0, 0.1) is 11.3 Å². The van der Waals surface area contributed by atoms with Gasteiger partial charge in [0.15, 0.2) is 12.2 Å². The highest BCUT2D eigenvalue weighted by molar-refractivity contribution is 7.16. The van der Waals surface area contributed by atoms with Gasteiger partial charge in [0.2, 0.25) is 11.8 Å². The first kappa shape index (κ1) is 32.7. The molecule has 2 aromatic heterocycles. The SMILES string of the molecule is COc1cccc(CCC(=O)Nc2sc3c(c2C#N)CCN(C(=O)CCn2ccnc2)C3)c1.O=C(O)[C@H](O)[C@@H](O)C(=O)O. The van der Waals surface area contributed by atoms with Crippen LogP contribution in [0.5, 0.6) is 5.75 Å². The van der Waals surface area contributed by atoms with E-state index in [1.807, 2.05) is 39.9 Å². The second kappa shape index (κ2) is 15.4. The van der Waals surface area contributed by atoms with E-state index in [-0.39, 0.29) is 11.8 Å². The third-order valence-electron chi connectivity index (χ3n) is 6.50. The van der Waals surface area contributed by atoms with Gasteiger partial charge in [0.05, 0.1) is 25.5 Å². The summed E-state index contributed by atoms with van der Waals surface area (Å²) < 4.78 is 7.11. The molecule has 1 aromatic carbocycles. The second-order valence-corrected chi connectivity index (χ2v) is 10.5. The maximum absolute atomic E-state index is 12.7. The minimum atomic E-state index is -2.27. The van der Waals surface area contributed by atoms with Crippen molar-refractivity contribution in [3.05, 3.63) is 64.6 Å². The number of aromatic nitrogens is 2. The van der Waals surface area contributed by atoms with E-state index < -0.39 is 24.1 Å². The standard InChI is InChI=1S/C24H25N5O3S.C4H6O6/c1-32-18-4-2-3-17(13-18)5-6-22(30)27-24-20(14-25)19-7-11-29(15-21(19)33-24)23(31)8-10-28-12-9-26-16-28;5-1(3(7)8)2(6)4(9)10/h2-4,9,12-13,16H,5-8,10-11,15H2,1H3,(H,27,30);1-2,5-6H,(H,7,8)(H,9,10)/t;1-,2-/m.1/s1. The van der Waals surface area contributed by atoms with E-state index in [1.54, 1.807) is 19.6 Å². The predicted molar refractivity (Wildman–Crippen MR) is 152 cm³/mol. The molecule has 0 fully saturated rings. The number of aliphatic hydroxyl groups is 2. The molecular formula is C28H31N5O9S. The maximum Gasteiger partial charge on any atom is 0.335 e. The normalized spacial score (nSPS) is 13.4. The number of benzene rings is 1. The Labute approximate surface area is 250 Å². The molecule has 4 rings (SSSR count). The summed E-state index contributed by atoms with van der Waals surface area (Å²) in [5.74, 6) is -2.84. The Morgan fingerprint density at radius 3 is 2.49 bits per heavy atom. The average molecular weight is 614 g/mol. The van der Waals surface area contributed by atoms with Crippen molar-refractivity contribution in [1.82, 2.24) is 14.5 Å². The molecule has 1 aliphatic rings. The van der Waals surface area contributed by atoms with Crippen molar-refractivity contribution >= 4 is 40.1 Å². The molecule has 3 aromatic rings. The molecular weight excluding hydrogens is 582 g/mol. The lowest BCUT2D eigenvalue weighted by atomic mass is 10.0. The van der Waals surface area contributed by atoms with Gasteiger partial charge in [-0.2, -0.15) is 5.26 Å². The number of aryl methyl sites for hydroxylation is 2. The summed E-state index contributed by atoms with van der Waals surface area (Å²) in [7, 11) is 1.61. The number of amides is 2. The minimum absolute atomic E-state index is 0.0742. The van der Waals surface area contributed by atoms with Crippen LogP contribution in [0.2, 0.25) is 0 Å². The number of nitrogens with zero attached hydrogens (tertiary/aromatic N) is 4. The van der Waals surface area contributed by atoms with Crippen molar-refractivity contribution < 1.29 is 44.3 Å². The number of carbonyl (C=O) groups excluding carboxylic acids is 2. The molecule has 228 valence electrons. The van der Waals surface area contributed by atoms with Crippen molar-refractivity contribution in [2.75, 3.05) is 19.0 Å². The summed E-state index contributed by atoms with van der Waals surface area (Å²) in [6, 6.07) is 9.89. The lowest BCUT2D eigenvalue weighted by Crippen LogP contribution is -2.39. The second-order valence-electron chi connectivity index (χ2n) is 9.40. The highest BCUT2D eigenvalue weighted by atomic mass is 32.1. The highest BCUT2D eigenvalue weighted by Crippen LogP contribution is 2.37. The number of hydrogen-bond acceptors (Lipinski definition) is 10. The number of thiophene rings is 1. The third-order valence-corrected chi connectivity index (χ3v) is 7.63. The van der Waals surface area contributed by atoms with Crippen molar-refractivity contribution in [2.24, 2.45) is 0 Å². The summed E-state index contributed by atoms with van der Waals surface area (Å²) in [5.41, 5.74) is 2.49. The van der Waals surface area contributed by atoms with E-state index in [2.05, 4.69) is 16.4 Å². The number of aliphatic hydroxyl groups excluding tert-OH is 2. The molecule has 14 nitrogen and oxygen atoms in total. The number of ether oxygens (including phenoxy) is 1. The number of imidazole rings is 1. The number of fused-ring (bicyclic) bond motifs is 1. The number of hydrogen-bond donors (Lipinski definition) is 5. The number of carboxylic acid groups (broad SMARTS) is 2. The number of carbonyl (C=O) groups is 4. The Balaban J connectivity index is 0.000000436. The van der Waals surface area contributed by atoms with Crippen molar-refractivity contribution in [2.45, 2.75) is 51.0 Å². The van der Waals surface area contributed by atoms with Gasteiger partial charge in [-0.3, -0.25) is 9.59 Å². The van der Waals surface area contributed by atoms with Gasteiger partial charge in [0.1, 0.15) is 16.8 Å². The van der Waals surface area contributed by atoms with E-state index in [4.69, 9.17) is 25.2 Å². The van der Waals surface area contributed by atoms with Gasteiger partial charge in [-0.15, -0.1) is 11.3 Å². The molecule has 0 aliphatic carbocycles. The van der Waals surface area contributed by atoms with E-state index in [0.29, 0.717) is 55.9 Å². The van der Waals surface area contributed by atoms with Crippen LogP contribution in [0.4, 0.5) is 5.00 Å². The quantitative estimate of drug-likeness (QED) is 0.207. The molecule has 5 N–H and O–H groups in total. The maximum atomic E-state index is 12.7. The number of rotatable bonds is 11. The fourth-order valence-electron chi connectivity index (χ4n) is 4.17. The van der Waals surface area contributed by atoms with Crippen LogP contribution in [0.1, 0.15) is 34.4 Å². The Morgan fingerprint density at radius 2 is 1.88 bits per heavy atom. The lowest BCUT2D eigenvalue weighted by Gasteiger charge is -2.27. The summed E-state index contributed by atoms with van der Waals surface area (Å²) in [5, 5.41) is 45.7. The van der Waals surface area contributed by atoms with Crippen LogP contribution < -0.4 is 10.1 Å². The van der Waals surface area contributed by atoms with E-state index in [0.717, 1.165) is 21.8 Å². The molecule has 2 atom stereocenters. The van der Waals surface area contributed by atoms with E-state index in [9.17, 15) is 24.4 Å². The summed E-state index contributed by atoms with van der Waals surface area (Å²) in [6.45, 7) is 1.63. The van der Waals surface area contributed by atoms with E-state index >= 15 is 0 Å². The first-order chi connectivity index (χ1) is 20.5. The van der Waals surface area contributed by atoms with Crippen LogP contribution in [0.3, 0.4) is 0 Å². The third kappa shape index (κ3) is 9.10. The number of anilines is 1. The fourth-order valence-corrected chi connectivity index (χ4v) is 5.40. The monoisotopic (exact) mass is 613 g/mol. The Hall–Kier alpha value is -4.78. The van der Waals surface area contributed by atoms with Gasteiger partial charge in [0.25, 0.3) is 0 Å². The van der Waals surface area contributed by atoms with Crippen LogP contribution in [-0.4, -0.2) is 84.5 Å². The molecule has 2 amide bonds. The van der Waals surface area contributed by atoms with E-state index in [1.165, 1.54) is 11.3 Å². The largest absolute Gasteiger partial charge is 0.497 e. The molecule has 0 saturated carbocycles. The number of nitrogens with one attached hydrogen (secondary N) is 1. The zero-order valence-corrected chi connectivity index (χ0v) is 24.0. The average Bonchev–Trinajstić information content (AvgIpc) is 3.65. The molecule has 1 aliphatic heterocycles. The van der Waals surface area contributed by atoms with Gasteiger partial charge in [-0.1, -0.05) is 12.1 Å². The van der Waals surface area contributed by atoms with Gasteiger partial charge in [0, 0.05) is 43.2 Å². The van der Waals surface area contributed by atoms with Gasteiger partial charge >= 0.3 is 11.9 Å². The van der Waals surface area contributed by atoms with Crippen LogP contribution in [0.15, 0.2) is 43.0 Å². The molecule has 0 spiro atoms. The zero-order chi connectivity index (χ0) is 31.5. The van der Waals surface area contributed by atoms with Gasteiger partial charge in [-0.25, -0.2) is 14.6 Å². The molecule has 0 radical (unpaired) electrons. The molecule has 0 unspecified atom stereocenters. The predicted octanol–water partition coefficient (Wildman–Crippen LogP) is 1.25. The van der Waals surface area contributed by atoms with Crippen LogP contribution in [-0.2, 0) is 45.1 Å². The van der Waals surface area contributed by atoms with Crippen molar-refractivity contribution in [1.29, 1.82) is 5.26 Å². The zero-order valence-electron chi connectivity index (χ0n) is 23.2. The number of carboxylic acids is 2. The smallest absolute Gasteiger partial charge is 0.335 e. The first-order valence-corrected chi connectivity index (χ1v) is 13.9. The Kier molecular flexibility index (Phi) is 11.8. The molecule has 43 heavy (non-hydrogen) atoms. The Bertz CT molecular complexity index is 1460. The fraction of sp³-hybridized carbons (Fsp3) is 0.357. The first-order valence-electron chi connectivity index (χ1n) is 13.1. The summed E-state index contributed by atoms with van der Waals surface area (Å²) >= 11 is 1.40. The minimum Gasteiger partial charge on any atom is -0.497 e. The molecule has 15 heteroatoms. The van der Waals surface area contributed by atoms with Gasteiger partial charge in [-0.05, 0) is 36.1 Å². The summed E-state index contributed by atoms with van der Waals surface area (Å²) in [4.78, 5) is 51.6. The van der Waals surface area contributed by atoms with Crippen LogP contribution in [0.25, 0.3) is 0 Å². The lowest BCUT2D eigenvalue weighted by molar-refractivity contribution is -0.165. The van der Waals surface area contributed by atoms with Crippen LogP contribution >= 0.6 is 11.3 Å². The Morgan fingerprint density at radius 1 is 1.16 bits per heavy atom. The molecule has 3 heterocycles. The molecule has 0 saturated heterocycles. The highest BCUT2D eigenvalue weighted by Gasteiger charge is 2.29. The van der Waals surface area contributed by atoms with Gasteiger partial charge < -0.3 is 39.9 Å².